The maximum atomic E-state index is 5.86. The second-order valence-corrected chi connectivity index (χ2v) is 14.5. The van der Waals surface area contributed by atoms with Crippen LogP contribution in [0.2, 0.25) is 0 Å². The molecule has 4 heterocycles. The van der Waals surface area contributed by atoms with Gasteiger partial charge in [-0.3, -0.25) is 10.2 Å². The monoisotopic (exact) mass is 396 g/mol. The van der Waals surface area contributed by atoms with Gasteiger partial charge >= 0.3 is 0 Å². The molecular weight excluding hydrogens is 370 g/mol. The van der Waals surface area contributed by atoms with Gasteiger partial charge in [0, 0.05) is 65.4 Å². The Hall–Kier alpha value is 1.02. The van der Waals surface area contributed by atoms with Crippen LogP contribution in [0.15, 0.2) is 0 Å². The van der Waals surface area contributed by atoms with Crippen molar-refractivity contribution in [1.82, 2.24) is 28.9 Å². The van der Waals surface area contributed by atoms with E-state index in [1.54, 1.807) is 0 Å². The zero-order valence-corrected chi connectivity index (χ0v) is 16.8. The highest BCUT2D eigenvalue weighted by atomic mass is 32.5. The third-order valence-electron chi connectivity index (χ3n) is 4.36. The Morgan fingerprint density at radius 2 is 0.957 bits per heavy atom. The molecule has 0 radical (unpaired) electrons. The zero-order chi connectivity index (χ0) is 15.9. The summed E-state index contributed by atoms with van der Waals surface area (Å²) >= 11 is 11.7. The molecule has 0 atom stereocenters. The van der Waals surface area contributed by atoms with E-state index >= 15 is 0 Å². The fourth-order valence-electron chi connectivity index (χ4n) is 2.65. The number of rotatable bonds is 12. The molecule has 0 bridgehead atoms. The molecule has 4 saturated heterocycles. The van der Waals surface area contributed by atoms with Crippen molar-refractivity contribution in [2.24, 2.45) is 0 Å². The number of nitrogens with one attached hydrogen (secondary N) is 2. The lowest BCUT2D eigenvalue weighted by Gasteiger charge is -2.26. The van der Waals surface area contributed by atoms with Crippen molar-refractivity contribution in [3.05, 3.63) is 0 Å². The molecule has 132 valence electrons. The molecule has 0 amide bonds. The van der Waals surface area contributed by atoms with Gasteiger partial charge in [-0.15, -0.1) is 0 Å². The lowest BCUT2D eigenvalue weighted by Crippen LogP contribution is -2.27. The normalized spacial score (nSPS) is 25.7. The van der Waals surface area contributed by atoms with Crippen LogP contribution in [0.1, 0.15) is 0 Å². The largest absolute Gasteiger partial charge is 0.379 e. The summed E-state index contributed by atoms with van der Waals surface area (Å²) in [5, 5.41) is 7.17. The molecule has 0 aromatic heterocycles. The minimum atomic E-state index is -1.60. The number of hydrogen-bond donors (Lipinski definition) is 2. The predicted octanol–water partition coefficient (Wildman–Crippen LogP) is -0.106. The number of ether oxygens (including phenoxy) is 1. The van der Waals surface area contributed by atoms with Crippen LogP contribution in [0.3, 0.4) is 0 Å². The van der Waals surface area contributed by atoms with Crippen molar-refractivity contribution in [3.63, 3.8) is 0 Å². The van der Waals surface area contributed by atoms with Crippen LogP contribution >= 0.6 is 13.0 Å². The van der Waals surface area contributed by atoms with Crippen LogP contribution in [0, 0.1) is 0 Å². The SMILES string of the molecule is S=P(NCCOCCNP(=S)(N1CC1)N1CC1)(N1CC1)N1CC1. The first-order valence-corrected chi connectivity index (χ1v) is 13.8. The van der Waals surface area contributed by atoms with E-state index in [2.05, 4.69) is 28.9 Å². The van der Waals surface area contributed by atoms with E-state index < -0.39 is 13.0 Å². The first-order chi connectivity index (χ1) is 11.1. The Morgan fingerprint density at radius 1 is 0.652 bits per heavy atom. The molecule has 2 N–H and O–H groups in total. The van der Waals surface area contributed by atoms with Crippen molar-refractivity contribution in [2.45, 2.75) is 0 Å². The smallest absolute Gasteiger partial charge is 0.143 e. The molecule has 4 aliphatic heterocycles. The summed E-state index contributed by atoms with van der Waals surface area (Å²) in [4.78, 5) is 0. The van der Waals surface area contributed by atoms with Crippen LogP contribution < -0.4 is 10.2 Å². The van der Waals surface area contributed by atoms with Gasteiger partial charge in [-0.05, 0) is 23.6 Å². The molecule has 0 aromatic carbocycles. The van der Waals surface area contributed by atoms with Crippen LogP contribution in [0.5, 0.6) is 0 Å². The summed E-state index contributed by atoms with van der Waals surface area (Å²) in [7, 11) is 0. The van der Waals surface area contributed by atoms with Gasteiger partial charge in [-0.1, -0.05) is 0 Å². The average Bonchev–Trinajstić information content (AvgIpc) is 3.45. The topological polar surface area (TPSA) is 45.3 Å². The van der Waals surface area contributed by atoms with Gasteiger partial charge in [-0.2, -0.15) is 0 Å². The summed E-state index contributed by atoms with van der Waals surface area (Å²) in [5.41, 5.74) is 0. The Balaban J connectivity index is 1.10. The molecule has 4 aliphatic rings. The highest BCUT2D eigenvalue weighted by Crippen LogP contribution is 2.57. The molecule has 11 heteroatoms. The summed E-state index contributed by atoms with van der Waals surface area (Å²) in [5.74, 6) is 0. The first kappa shape index (κ1) is 17.4. The summed E-state index contributed by atoms with van der Waals surface area (Å²) in [6, 6.07) is 0. The van der Waals surface area contributed by atoms with E-state index in [1.165, 1.54) is 0 Å². The summed E-state index contributed by atoms with van der Waals surface area (Å²) in [6.45, 7) is 9.17. The average molecular weight is 396 g/mol. The first-order valence-electron chi connectivity index (χ1n) is 8.43. The Labute approximate surface area is 149 Å². The van der Waals surface area contributed by atoms with Gasteiger partial charge in [0.05, 0.1) is 13.2 Å². The second kappa shape index (κ2) is 6.97. The van der Waals surface area contributed by atoms with E-state index in [4.69, 9.17) is 28.4 Å². The zero-order valence-electron chi connectivity index (χ0n) is 13.4. The molecule has 0 aliphatic carbocycles. The van der Waals surface area contributed by atoms with E-state index in [1.807, 2.05) is 0 Å². The standard InChI is InChI=1S/C12H26N6OP2S2/c22-20(15-3-4-15,16-5-6-16)13-1-11-19-12-2-14-21(23,17-7-8-17)18-9-10-18/h1-12H2,(H,13,22)(H,14,23). The minimum absolute atomic E-state index is 0.720. The van der Waals surface area contributed by atoms with E-state index in [9.17, 15) is 0 Å². The molecular formula is C12H26N6OP2S2. The van der Waals surface area contributed by atoms with Gasteiger partial charge in [0.15, 0.2) is 0 Å². The van der Waals surface area contributed by atoms with Crippen LogP contribution in [0.4, 0.5) is 0 Å². The van der Waals surface area contributed by atoms with Gasteiger partial charge in [0.2, 0.25) is 0 Å². The fraction of sp³-hybridized carbons (Fsp3) is 1.00. The van der Waals surface area contributed by atoms with Gasteiger partial charge in [-0.25, -0.2) is 18.7 Å². The minimum Gasteiger partial charge on any atom is -0.379 e. The highest BCUT2D eigenvalue weighted by Gasteiger charge is 2.44. The molecule has 0 spiro atoms. The predicted molar refractivity (Wildman–Crippen MR) is 102 cm³/mol. The number of nitrogens with zero attached hydrogens (tertiary/aromatic N) is 4. The Bertz CT molecular complexity index is 458. The van der Waals surface area contributed by atoms with Crippen LogP contribution in [-0.2, 0) is 28.4 Å². The van der Waals surface area contributed by atoms with Crippen molar-refractivity contribution < 1.29 is 4.74 Å². The lowest BCUT2D eigenvalue weighted by atomic mass is 10.7. The van der Waals surface area contributed by atoms with Crippen molar-refractivity contribution in [3.8, 4) is 0 Å². The van der Waals surface area contributed by atoms with E-state index in [-0.39, 0.29) is 0 Å². The molecule has 4 fully saturated rings. The molecule has 0 aromatic rings. The van der Waals surface area contributed by atoms with Crippen molar-refractivity contribution in [1.29, 1.82) is 0 Å². The molecule has 4 rings (SSSR count). The molecule has 0 unspecified atom stereocenters. The van der Waals surface area contributed by atoms with Crippen LogP contribution in [-0.4, -0.2) is 97.3 Å². The summed E-state index contributed by atoms with van der Waals surface area (Å²) < 4.78 is 15.4. The third kappa shape index (κ3) is 4.23. The van der Waals surface area contributed by atoms with E-state index in [0.717, 1.165) is 78.7 Å². The highest BCUT2D eigenvalue weighted by molar-refractivity contribution is 8.11. The van der Waals surface area contributed by atoms with Crippen molar-refractivity contribution in [2.75, 3.05) is 78.7 Å². The lowest BCUT2D eigenvalue weighted by molar-refractivity contribution is 0.144. The maximum Gasteiger partial charge on any atom is 0.143 e. The van der Waals surface area contributed by atoms with Gasteiger partial charge < -0.3 is 4.74 Å². The quantitative estimate of drug-likeness (QED) is 0.267. The Morgan fingerprint density at radius 3 is 1.22 bits per heavy atom. The number of hydrogen-bond acceptors (Lipinski definition) is 3. The molecule has 0 saturated carbocycles. The van der Waals surface area contributed by atoms with Gasteiger partial charge in [0.1, 0.15) is 13.0 Å². The van der Waals surface area contributed by atoms with E-state index in [0.29, 0.717) is 0 Å². The van der Waals surface area contributed by atoms with Gasteiger partial charge in [0.25, 0.3) is 0 Å². The summed E-state index contributed by atoms with van der Waals surface area (Å²) in [6.07, 6.45) is 0. The second-order valence-electron chi connectivity index (χ2n) is 6.33. The molecule has 7 nitrogen and oxygen atoms in total. The fourth-order valence-corrected chi connectivity index (χ4v) is 9.96. The van der Waals surface area contributed by atoms with Crippen LogP contribution in [0.25, 0.3) is 0 Å². The Kier molecular flexibility index (Phi) is 5.28. The third-order valence-corrected chi connectivity index (χ3v) is 13.8. The maximum absolute atomic E-state index is 5.86. The van der Waals surface area contributed by atoms with Crippen molar-refractivity contribution >= 4 is 36.6 Å². The molecule has 23 heavy (non-hydrogen) atoms.